The summed E-state index contributed by atoms with van der Waals surface area (Å²) in [6.45, 7) is 0. The Balaban J connectivity index is 2.16. The van der Waals surface area contributed by atoms with Gasteiger partial charge in [-0.1, -0.05) is 23.7 Å². The minimum Gasteiger partial charge on any atom is -0.267 e. The Hall–Kier alpha value is -1.90. The summed E-state index contributed by atoms with van der Waals surface area (Å²) in [5, 5.41) is 0.0649. The Kier molecular flexibility index (Phi) is 5.63. The van der Waals surface area contributed by atoms with Crippen LogP contribution >= 0.6 is 27.5 Å². The third kappa shape index (κ3) is 4.34. The van der Waals surface area contributed by atoms with E-state index in [1.807, 2.05) is 0 Å². The van der Waals surface area contributed by atoms with Crippen molar-refractivity contribution in [1.29, 1.82) is 0 Å². The summed E-state index contributed by atoms with van der Waals surface area (Å²) in [6.07, 6.45) is 1.02. The molecule has 2 N–H and O–H groups in total. The Labute approximate surface area is 152 Å². The van der Waals surface area contributed by atoms with Gasteiger partial charge in [-0.25, -0.2) is 8.42 Å². The third-order valence-corrected chi connectivity index (χ3v) is 5.15. The molecule has 0 saturated heterocycles. The van der Waals surface area contributed by atoms with Crippen LogP contribution in [-0.2, 0) is 9.84 Å². The van der Waals surface area contributed by atoms with E-state index in [-0.39, 0.29) is 15.5 Å². The molecule has 2 aromatic carbocycles. The summed E-state index contributed by atoms with van der Waals surface area (Å²) >= 11 is 9.15. The number of hydrazine groups is 1. The van der Waals surface area contributed by atoms with E-state index in [9.17, 15) is 18.0 Å². The third-order valence-electron chi connectivity index (χ3n) is 3.02. The Morgan fingerprint density at radius 2 is 1.58 bits per heavy atom. The molecule has 2 rings (SSSR count). The van der Waals surface area contributed by atoms with Crippen LogP contribution in [0.1, 0.15) is 20.7 Å². The molecule has 9 heteroatoms. The summed E-state index contributed by atoms with van der Waals surface area (Å²) in [4.78, 5) is 24.1. The fourth-order valence-electron chi connectivity index (χ4n) is 1.80. The molecule has 0 radical (unpaired) electrons. The van der Waals surface area contributed by atoms with Crippen molar-refractivity contribution in [2.45, 2.75) is 4.90 Å². The van der Waals surface area contributed by atoms with Crippen LogP contribution in [0.3, 0.4) is 0 Å². The fraction of sp³-hybridized carbons (Fsp3) is 0.0667. The monoisotopic (exact) mass is 430 g/mol. The first-order valence-electron chi connectivity index (χ1n) is 6.55. The fourth-order valence-corrected chi connectivity index (χ4v) is 3.12. The second-order valence-electron chi connectivity index (χ2n) is 4.80. The first-order valence-corrected chi connectivity index (χ1v) is 9.61. The van der Waals surface area contributed by atoms with E-state index in [2.05, 4.69) is 26.8 Å². The molecule has 24 heavy (non-hydrogen) atoms. The van der Waals surface area contributed by atoms with Crippen molar-refractivity contribution in [2.75, 3.05) is 6.26 Å². The van der Waals surface area contributed by atoms with Gasteiger partial charge in [0.05, 0.1) is 21.0 Å². The Bertz CT molecular complexity index is 915. The zero-order chi connectivity index (χ0) is 17.9. The van der Waals surface area contributed by atoms with E-state index >= 15 is 0 Å². The largest absolute Gasteiger partial charge is 0.271 e. The van der Waals surface area contributed by atoms with Crippen LogP contribution in [0.4, 0.5) is 0 Å². The Morgan fingerprint density at radius 1 is 1.00 bits per heavy atom. The predicted molar refractivity (Wildman–Crippen MR) is 93.6 cm³/mol. The molecule has 0 spiro atoms. The quantitative estimate of drug-likeness (QED) is 0.731. The molecule has 0 bridgehead atoms. The molecule has 2 aromatic rings. The van der Waals surface area contributed by atoms with Crippen LogP contribution < -0.4 is 10.9 Å². The number of sulfone groups is 1. The van der Waals surface area contributed by atoms with Crippen molar-refractivity contribution in [3.63, 3.8) is 0 Å². The Morgan fingerprint density at radius 3 is 2.17 bits per heavy atom. The van der Waals surface area contributed by atoms with Gasteiger partial charge in [0.15, 0.2) is 9.84 Å². The van der Waals surface area contributed by atoms with Crippen molar-refractivity contribution >= 4 is 49.2 Å². The molecule has 0 heterocycles. The summed E-state index contributed by atoms with van der Waals surface area (Å²) in [7, 11) is -3.49. The molecule has 0 fully saturated rings. The van der Waals surface area contributed by atoms with Crippen molar-refractivity contribution in [1.82, 2.24) is 10.9 Å². The van der Waals surface area contributed by atoms with Crippen LogP contribution in [-0.4, -0.2) is 26.5 Å². The van der Waals surface area contributed by atoms with Gasteiger partial charge in [-0.2, -0.15) is 0 Å². The number of hydrogen-bond acceptors (Lipinski definition) is 4. The number of carbonyl (C=O) groups excluding carboxylic acids is 2. The average molecular weight is 432 g/mol. The summed E-state index contributed by atoms with van der Waals surface area (Å²) in [5.41, 5.74) is 4.72. The molecular formula is C15H12BrClN2O4S. The highest BCUT2D eigenvalue weighted by Crippen LogP contribution is 2.20. The number of hydrogen-bond donors (Lipinski definition) is 2. The van der Waals surface area contributed by atoms with Crippen LogP contribution in [0.2, 0.25) is 5.02 Å². The minimum atomic E-state index is -3.49. The van der Waals surface area contributed by atoms with Crippen LogP contribution in [0, 0.1) is 0 Å². The van der Waals surface area contributed by atoms with E-state index in [1.165, 1.54) is 12.1 Å². The van der Waals surface area contributed by atoms with E-state index in [1.54, 1.807) is 24.3 Å². The van der Waals surface area contributed by atoms with Gasteiger partial charge in [0, 0.05) is 10.7 Å². The second kappa shape index (κ2) is 7.33. The van der Waals surface area contributed by atoms with Crippen LogP contribution in [0.25, 0.3) is 0 Å². The molecule has 6 nitrogen and oxygen atoms in total. The normalized spacial score (nSPS) is 11.0. The lowest BCUT2D eigenvalue weighted by molar-refractivity contribution is 0.0846. The molecule has 0 aliphatic heterocycles. The maximum absolute atomic E-state index is 12.1. The van der Waals surface area contributed by atoms with Crippen molar-refractivity contribution < 1.29 is 18.0 Å². The predicted octanol–water partition coefficient (Wildman–Crippen LogP) is 2.58. The first-order chi connectivity index (χ1) is 11.2. The van der Waals surface area contributed by atoms with Gasteiger partial charge in [-0.3, -0.25) is 20.4 Å². The highest BCUT2D eigenvalue weighted by molar-refractivity contribution is 9.10. The standard InChI is InChI=1S/C15H12BrClN2O4S/c1-24(22,23)9-6-7-13(17)11(8-9)15(21)19-18-14(20)10-4-2-3-5-12(10)16/h2-8H,1H3,(H,18,20)(H,19,21). The van der Waals surface area contributed by atoms with Crippen molar-refractivity contribution in [3.05, 3.63) is 63.1 Å². The van der Waals surface area contributed by atoms with Gasteiger partial charge in [0.2, 0.25) is 0 Å². The highest BCUT2D eigenvalue weighted by Gasteiger charge is 2.17. The molecule has 2 amide bonds. The molecule has 0 unspecified atom stereocenters. The first kappa shape index (κ1) is 18.4. The molecule has 126 valence electrons. The molecule has 0 aromatic heterocycles. The highest BCUT2D eigenvalue weighted by atomic mass is 79.9. The number of benzene rings is 2. The van der Waals surface area contributed by atoms with E-state index in [4.69, 9.17) is 11.6 Å². The zero-order valence-electron chi connectivity index (χ0n) is 12.3. The minimum absolute atomic E-state index is 0.0471. The van der Waals surface area contributed by atoms with E-state index in [0.717, 1.165) is 12.3 Å². The lowest BCUT2D eigenvalue weighted by Gasteiger charge is -2.10. The maximum atomic E-state index is 12.1. The lowest BCUT2D eigenvalue weighted by Crippen LogP contribution is -2.41. The topological polar surface area (TPSA) is 92.3 Å². The smallest absolute Gasteiger partial charge is 0.267 e. The molecule has 0 atom stereocenters. The SMILES string of the molecule is CS(=O)(=O)c1ccc(Cl)c(C(=O)NNC(=O)c2ccccc2Br)c1. The number of rotatable bonds is 3. The van der Waals surface area contributed by atoms with Gasteiger partial charge in [-0.15, -0.1) is 0 Å². The number of halogens is 2. The van der Waals surface area contributed by atoms with E-state index in [0.29, 0.717) is 10.0 Å². The summed E-state index contributed by atoms with van der Waals surface area (Å²) in [6, 6.07) is 10.4. The van der Waals surface area contributed by atoms with Crippen LogP contribution in [0.5, 0.6) is 0 Å². The number of carbonyl (C=O) groups is 2. The molecule has 0 aliphatic carbocycles. The average Bonchev–Trinajstić information content (AvgIpc) is 2.52. The van der Waals surface area contributed by atoms with Crippen molar-refractivity contribution in [3.8, 4) is 0 Å². The van der Waals surface area contributed by atoms with Crippen LogP contribution in [0.15, 0.2) is 51.8 Å². The van der Waals surface area contributed by atoms with Gasteiger partial charge < -0.3 is 0 Å². The van der Waals surface area contributed by atoms with E-state index < -0.39 is 21.7 Å². The van der Waals surface area contributed by atoms with Gasteiger partial charge in [0.1, 0.15) is 0 Å². The number of nitrogens with one attached hydrogen (secondary N) is 2. The zero-order valence-corrected chi connectivity index (χ0v) is 15.5. The summed E-state index contributed by atoms with van der Waals surface area (Å²) < 4.78 is 23.7. The number of amides is 2. The van der Waals surface area contributed by atoms with Gasteiger partial charge in [0.25, 0.3) is 11.8 Å². The summed E-state index contributed by atoms with van der Waals surface area (Å²) in [5.74, 6) is -1.27. The molecular weight excluding hydrogens is 420 g/mol. The molecule has 0 saturated carbocycles. The van der Waals surface area contributed by atoms with Gasteiger partial charge >= 0.3 is 0 Å². The maximum Gasteiger partial charge on any atom is 0.271 e. The second-order valence-corrected chi connectivity index (χ2v) is 8.08. The molecule has 0 aliphatic rings. The van der Waals surface area contributed by atoms with Gasteiger partial charge in [-0.05, 0) is 46.3 Å². The van der Waals surface area contributed by atoms with Crippen molar-refractivity contribution in [2.24, 2.45) is 0 Å². The lowest BCUT2D eigenvalue weighted by atomic mass is 10.2.